The van der Waals surface area contributed by atoms with Gasteiger partial charge in [-0.25, -0.2) is 4.68 Å². The van der Waals surface area contributed by atoms with Crippen molar-refractivity contribution in [2.45, 2.75) is 38.8 Å². The molecule has 2 atom stereocenters. The molecule has 0 saturated carbocycles. The van der Waals surface area contributed by atoms with Crippen LogP contribution in [0.1, 0.15) is 37.9 Å². The number of aryl methyl sites for hydroxylation is 1. The molecule has 0 amide bonds. The first-order chi connectivity index (χ1) is 8.36. The van der Waals surface area contributed by atoms with Gasteiger partial charge in [0.15, 0.2) is 0 Å². The Bertz CT molecular complexity index is 334. The summed E-state index contributed by atoms with van der Waals surface area (Å²) >= 11 is 0. The van der Waals surface area contributed by atoms with Crippen molar-refractivity contribution in [1.82, 2.24) is 20.4 Å². The van der Waals surface area contributed by atoms with Crippen molar-refractivity contribution in [1.29, 1.82) is 0 Å². The second-order valence-corrected chi connectivity index (χ2v) is 4.50. The molecule has 17 heavy (non-hydrogen) atoms. The molecule has 96 valence electrons. The van der Waals surface area contributed by atoms with Gasteiger partial charge < -0.3 is 4.74 Å². The van der Waals surface area contributed by atoms with Crippen LogP contribution in [0.15, 0.2) is 6.20 Å². The van der Waals surface area contributed by atoms with Gasteiger partial charge in [-0.3, -0.25) is 11.3 Å². The molecule has 0 bridgehead atoms. The Labute approximate surface area is 101 Å². The van der Waals surface area contributed by atoms with E-state index in [4.69, 9.17) is 10.6 Å². The SMILES string of the molecule is CCCn1nncc1C(NN)C1CCCOC1. The van der Waals surface area contributed by atoms with Crippen molar-refractivity contribution < 1.29 is 4.74 Å². The molecule has 3 N–H and O–H groups in total. The van der Waals surface area contributed by atoms with Gasteiger partial charge in [0.2, 0.25) is 0 Å². The zero-order chi connectivity index (χ0) is 12.1. The highest BCUT2D eigenvalue weighted by molar-refractivity contribution is 5.04. The first kappa shape index (κ1) is 12.5. The third-order valence-corrected chi connectivity index (χ3v) is 3.25. The molecular formula is C11H21N5O. The van der Waals surface area contributed by atoms with Gasteiger partial charge >= 0.3 is 0 Å². The van der Waals surface area contributed by atoms with Gasteiger partial charge in [-0.2, -0.15) is 0 Å². The number of nitrogens with one attached hydrogen (secondary N) is 1. The normalized spacial score (nSPS) is 22.6. The first-order valence-electron chi connectivity index (χ1n) is 6.29. The van der Waals surface area contributed by atoms with E-state index in [2.05, 4.69) is 22.7 Å². The average Bonchev–Trinajstić information content (AvgIpc) is 2.81. The van der Waals surface area contributed by atoms with Crippen molar-refractivity contribution in [2.75, 3.05) is 13.2 Å². The van der Waals surface area contributed by atoms with Gasteiger partial charge in [-0.15, -0.1) is 5.10 Å². The topological polar surface area (TPSA) is 78.0 Å². The molecule has 2 unspecified atom stereocenters. The molecule has 1 saturated heterocycles. The minimum Gasteiger partial charge on any atom is -0.381 e. The highest BCUT2D eigenvalue weighted by Gasteiger charge is 2.27. The lowest BCUT2D eigenvalue weighted by atomic mass is 9.92. The van der Waals surface area contributed by atoms with E-state index in [1.54, 1.807) is 6.20 Å². The number of aromatic nitrogens is 3. The molecule has 0 spiro atoms. The molecule has 6 heteroatoms. The van der Waals surface area contributed by atoms with Crippen molar-refractivity contribution in [3.63, 3.8) is 0 Å². The van der Waals surface area contributed by atoms with Crippen LogP contribution in [0.3, 0.4) is 0 Å². The molecule has 0 radical (unpaired) electrons. The predicted molar refractivity (Wildman–Crippen MR) is 63.9 cm³/mol. The molecule has 1 aliphatic heterocycles. The first-order valence-corrected chi connectivity index (χ1v) is 6.29. The zero-order valence-electron chi connectivity index (χ0n) is 10.3. The summed E-state index contributed by atoms with van der Waals surface area (Å²) in [7, 11) is 0. The van der Waals surface area contributed by atoms with E-state index < -0.39 is 0 Å². The third-order valence-electron chi connectivity index (χ3n) is 3.25. The number of hydrazine groups is 1. The van der Waals surface area contributed by atoms with Crippen LogP contribution in [-0.4, -0.2) is 28.2 Å². The van der Waals surface area contributed by atoms with Gasteiger partial charge in [0, 0.05) is 19.1 Å². The summed E-state index contributed by atoms with van der Waals surface area (Å²) in [5.74, 6) is 6.09. The van der Waals surface area contributed by atoms with E-state index in [-0.39, 0.29) is 6.04 Å². The predicted octanol–water partition coefficient (Wildman–Crippen LogP) is 0.619. The molecule has 2 rings (SSSR count). The molecule has 1 aliphatic rings. The number of nitrogens with two attached hydrogens (primary N) is 1. The summed E-state index contributed by atoms with van der Waals surface area (Å²) in [6.07, 6.45) is 5.06. The fourth-order valence-electron chi connectivity index (χ4n) is 2.38. The lowest BCUT2D eigenvalue weighted by molar-refractivity contribution is 0.0376. The van der Waals surface area contributed by atoms with Crippen molar-refractivity contribution in [3.05, 3.63) is 11.9 Å². The molecule has 0 aliphatic carbocycles. The van der Waals surface area contributed by atoms with Crippen LogP contribution < -0.4 is 11.3 Å². The minimum absolute atomic E-state index is 0.0804. The van der Waals surface area contributed by atoms with Crippen LogP contribution in [0.25, 0.3) is 0 Å². The number of ether oxygens (including phenoxy) is 1. The van der Waals surface area contributed by atoms with Crippen LogP contribution in [0.2, 0.25) is 0 Å². The number of hydrogen-bond acceptors (Lipinski definition) is 5. The Morgan fingerprint density at radius 1 is 1.71 bits per heavy atom. The van der Waals surface area contributed by atoms with Crippen LogP contribution in [0.4, 0.5) is 0 Å². The number of hydrogen-bond donors (Lipinski definition) is 2. The van der Waals surface area contributed by atoms with E-state index in [0.717, 1.165) is 44.7 Å². The standard InChI is InChI=1S/C11H21N5O/c1-2-5-16-10(7-13-15-16)11(14-12)9-4-3-6-17-8-9/h7,9,11,14H,2-6,8,12H2,1H3. The van der Waals surface area contributed by atoms with Gasteiger partial charge in [-0.05, 0) is 19.3 Å². The van der Waals surface area contributed by atoms with E-state index in [0.29, 0.717) is 5.92 Å². The fourth-order valence-corrected chi connectivity index (χ4v) is 2.38. The third kappa shape index (κ3) is 2.83. The maximum Gasteiger partial charge on any atom is 0.0773 e. The van der Waals surface area contributed by atoms with Gasteiger partial charge in [0.1, 0.15) is 0 Å². The average molecular weight is 239 g/mol. The Kier molecular flexibility index (Phi) is 4.47. The maximum absolute atomic E-state index is 5.69. The molecule has 1 fully saturated rings. The highest BCUT2D eigenvalue weighted by Crippen LogP contribution is 2.27. The largest absolute Gasteiger partial charge is 0.381 e. The van der Waals surface area contributed by atoms with Crippen LogP contribution in [0, 0.1) is 5.92 Å². The van der Waals surface area contributed by atoms with Gasteiger partial charge in [-0.1, -0.05) is 12.1 Å². The van der Waals surface area contributed by atoms with Crippen LogP contribution in [0.5, 0.6) is 0 Å². The molecular weight excluding hydrogens is 218 g/mol. The van der Waals surface area contributed by atoms with Gasteiger partial charge in [0.05, 0.1) is 24.5 Å². The molecule has 0 aromatic carbocycles. The summed E-state index contributed by atoms with van der Waals surface area (Å²) in [6.45, 7) is 4.62. The molecule has 6 nitrogen and oxygen atoms in total. The lowest BCUT2D eigenvalue weighted by Gasteiger charge is -2.29. The summed E-state index contributed by atoms with van der Waals surface area (Å²) in [5.41, 5.74) is 3.95. The van der Waals surface area contributed by atoms with Gasteiger partial charge in [0.25, 0.3) is 0 Å². The minimum atomic E-state index is 0.0804. The molecule has 2 heterocycles. The second-order valence-electron chi connectivity index (χ2n) is 4.50. The van der Waals surface area contributed by atoms with Crippen LogP contribution >= 0.6 is 0 Å². The summed E-state index contributed by atoms with van der Waals surface area (Å²) in [5, 5.41) is 8.08. The second kappa shape index (κ2) is 6.09. The maximum atomic E-state index is 5.69. The summed E-state index contributed by atoms with van der Waals surface area (Å²) < 4.78 is 7.45. The van der Waals surface area contributed by atoms with E-state index in [9.17, 15) is 0 Å². The molecule has 1 aromatic heterocycles. The Morgan fingerprint density at radius 3 is 3.24 bits per heavy atom. The van der Waals surface area contributed by atoms with Crippen LogP contribution in [-0.2, 0) is 11.3 Å². The molecule has 1 aromatic rings. The van der Waals surface area contributed by atoms with E-state index in [1.807, 2.05) is 4.68 Å². The van der Waals surface area contributed by atoms with Crippen molar-refractivity contribution in [2.24, 2.45) is 11.8 Å². The Hall–Kier alpha value is -0.980. The Morgan fingerprint density at radius 2 is 2.59 bits per heavy atom. The Balaban J connectivity index is 2.12. The van der Waals surface area contributed by atoms with E-state index in [1.165, 1.54) is 0 Å². The van der Waals surface area contributed by atoms with Crippen molar-refractivity contribution in [3.8, 4) is 0 Å². The fraction of sp³-hybridized carbons (Fsp3) is 0.818. The number of rotatable bonds is 5. The lowest BCUT2D eigenvalue weighted by Crippen LogP contribution is -2.38. The van der Waals surface area contributed by atoms with E-state index >= 15 is 0 Å². The summed E-state index contributed by atoms with van der Waals surface area (Å²) in [6, 6.07) is 0.0804. The zero-order valence-corrected chi connectivity index (χ0v) is 10.3. The quantitative estimate of drug-likeness (QED) is 0.582. The monoisotopic (exact) mass is 239 g/mol. The smallest absolute Gasteiger partial charge is 0.0773 e. The highest BCUT2D eigenvalue weighted by atomic mass is 16.5. The summed E-state index contributed by atoms with van der Waals surface area (Å²) in [4.78, 5) is 0. The number of nitrogens with zero attached hydrogens (tertiary/aromatic N) is 3. The van der Waals surface area contributed by atoms with Crippen molar-refractivity contribution >= 4 is 0 Å².